The fraction of sp³-hybridized carbons (Fsp3) is 1.00. The van der Waals surface area contributed by atoms with Crippen LogP contribution in [0.25, 0.3) is 0 Å². The first-order valence-electron chi connectivity index (χ1n) is 5.85. The summed E-state index contributed by atoms with van der Waals surface area (Å²) in [5.74, 6) is 0.904. The number of hydrogen-bond acceptors (Lipinski definition) is 1. The van der Waals surface area contributed by atoms with Gasteiger partial charge in [0.2, 0.25) is 0 Å². The van der Waals surface area contributed by atoms with E-state index in [-0.39, 0.29) is 0 Å². The number of rotatable bonds is 4. The smallest absolute Gasteiger partial charge is 0.0466 e. The molecule has 0 bridgehead atoms. The minimum Gasteiger partial charge on any atom is -0.381 e. The minimum absolute atomic E-state index is 0.904. The van der Waals surface area contributed by atoms with Crippen molar-refractivity contribution in [1.82, 2.24) is 0 Å². The van der Waals surface area contributed by atoms with E-state index in [0.29, 0.717) is 0 Å². The van der Waals surface area contributed by atoms with Crippen LogP contribution < -0.4 is 0 Å². The molecular weight excluding hydrogens is 160 g/mol. The highest BCUT2D eigenvalue weighted by Crippen LogP contribution is 2.06. The molecule has 1 aliphatic rings. The molecule has 0 aromatic rings. The summed E-state index contributed by atoms with van der Waals surface area (Å²) in [5, 5.41) is 0. The van der Waals surface area contributed by atoms with E-state index in [0.717, 1.165) is 19.1 Å². The van der Waals surface area contributed by atoms with E-state index in [1.54, 1.807) is 0 Å². The van der Waals surface area contributed by atoms with Gasteiger partial charge in [-0.25, -0.2) is 0 Å². The molecule has 13 heavy (non-hydrogen) atoms. The molecule has 1 saturated heterocycles. The van der Waals surface area contributed by atoms with Crippen molar-refractivity contribution in [2.45, 2.75) is 59.3 Å². The molecule has 1 rings (SSSR count). The molecule has 1 fully saturated rings. The lowest BCUT2D eigenvalue weighted by Crippen LogP contribution is -1.85. The molecule has 0 N–H and O–H groups in total. The van der Waals surface area contributed by atoms with Gasteiger partial charge in [0.05, 0.1) is 0 Å². The van der Waals surface area contributed by atoms with Crippen LogP contribution in [0.1, 0.15) is 59.3 Å². The summed E-state index contributed by atoms with van der Waals surface area (Å²) in [5.41, 5.74) is 0. The Kier molecular flexibility index (Phi) is 10.0. The summed E-state index contributed by atoms with van der Waals surface area (Å²) in [4.78, 5) is 0. The van der Waals surface area contributed by atoms with Gasteiger partial charge in [-0.3, -0.25) is 0 Å². The van der Waals surface area contributed by atoms with Crippen molar-refractivity contribution in [1.29, 1.82) is 0 Å². The van der Waals surface area contributed by atoms with Crippen LogP contribution >= 0.6 is 0 Å². The van der Waals surface area contributed by atoms with Crippen LogP contribution in [0.5, 0.6) is 0 Å². The second-order valence-corrected chi connectivity index (χ2v) is 4.21. The predicted molar refractivity (Wildman–Crippen MR) is 59.0 cm³/mol. The minimum atomic E-state index is 0.904. The van der Waals surface area contributed by atoms with Crippen molar-refractivity contribution in [2.24, 2.45) is 5.92 Å². The summed E-state index contributed by atoms with van der Waals surface area (Å²) in [6.45, 7) is 8.83. The number of unbranched alkanes of at least 4 members (excludes halogenated alkanes) is 2. The molecule has 1 aliphatic heterocycles. The molecule has 1 heterocycles. The van der Waals surface area contributed by atoms with Crippen molar-refractivity contribution in [2.75, 3.05) is 13.2 Å². The van der Waals surface area contributed by atoms with Crippen LogP contribution in [-0.4, -0.2) is 13.2 Å². The topological polar surface area (TPSA) is 9.23 Å². The van der Waals surface area contributed by atoms with Crippen molar-refractivity contribution in [3.05, 3.63) is 0 Å². The Labute approximate surface area is 83.9 Å². The Morgan fingerprint density at radius 3 is 2.00 bits per heavy atom. The van der Waals surface area contributed by atoms with Crippen LogP contribution in [0.2, 0.25) is 0 Å². The Balaban J connectivity index is 0.000000243. The SMILES string of the molecule is C1CCOC1.CCCCCC(C)C. The maximum Gasteiger partial charge on any atom is 0.0466 e. The van der Waals surface area contributed by atoms with Gasteiger partial charge in [0.1, 0.15) is 0 Å². The van der Waals surface area contributed by atoms with Gasteiger partial charge in [-0.1, -0.05) is 46.5 Å². The van der Waals surface area contributed by atoms with E-state index in [1.165, 1.54) is 38.5 Å². The Morgan fingerprint density at radius 1 is 1.08 bits per heavy atom. The zero-order chi connectivity index (χ0) is 9.94. The molecule has 0 saturated carbocycles. The summed E-state index contributed by atoms with van der Waals surface area (Å²) < 4.78 is 4.94. The van der Waals surface area contributed by atoms with Gasteiger partial charge in [-0.2, -0.15) is 0 Å². The highest BCUT2D eigenvalue weighted by molar-refractivity contribution is 4.44. The third-order valence-electron chi connectivity index (χ3n) is 2.21. The largest absolute Gasteiger partial charge is 0.381 e. The molecule has 0 spiro atoms. The Bertz CT molecular complexity index is 77.5. The second-order valence-electron chi connectivity index (χ2n) is 4.21. The van der Waals surface area contributed by atoms with Crippen LogP contribution in [0.4, 0.5) is 0 Å². The zero-order valence-electron chi connectivity index (χ0n) is 9.64. The Hall–Kier alpha value is -0.0400. The van der Waals surface area contributed by atoms with Gasteiger partial charge in [0.15, 0.2) is 0 Å². The van der Waals surface area contributed by atoms with Gasteiger partial charge in [-0.15, -0.1) is 0 Å². The van der Waals surface area contributed by atoms with Crippen molar-refractivity contribution in [3.8, 4) is 0 Å². The van der Waals surface area contributed by atoms with Crippen LogP contribution in [-0.2, 0) is 4.74 Å². The fourth-order valence-electron chi connectivity index (χ4n) is 1.31. The van der Waals surface area contributed by atoms with Crippen molar-refractivity contribution >= 4 is 0 Å². The van der Waals surface area contributed by atoms with Crippen molar-refractivity contribution in [3.63, 3.8) is 0 Å². The first-order chi connectivity index (χ1) is 6.27. The Morgan fingerprint density at radius 2 is 1.69 bits per heavy atom. The third-order valence-corrected chi connectivity index (χ3v) is 2.21. The van der Waals surface area contributed by atoms with Gasteiger partial charge < -0.3 is 4.74 Å². The van der Waals surface area contributed by atoms with E-state index in [2.05, 4.69) is 20.8 Å². The monoisotopic (exact) mass is 186 g/mol. The quantitative estimate of drug-likeness (QED) is 0.603. The number of ether oxygens (including phenoxy) is 1. The molecule has 80 valence electrons. The summed E-state index contributed by atoms with van der Waals surface area (Å²) in [7, 11) is 0. The molecule has 0 aliphatic carbocycles. The molecule has 0 unspecified atom stereocenters. The lowest BCUT2D eigenvalue weighted by atomic mass is 10.1. The van der Waals surface area contributed by atoms with Gasteiger partial charge in [-0.05, 0) is 18.8 Å². The van der Waals surface area contributed by atoms with Crippen LogP contribution in [0.3, 0.4) is 0 Å². The van der Waals surface area contributed by atoms with E-state index in [9.17, 15) is 0 Å². The van der Waals surface area contributed by atoms with Crippen molar-refractivity contribution < 1.29 is 4.74 Å². The predicted octanol–water partition coefficient (Wildman–Crippen LogP) is 4.02. The molecule has 0 amide bonds. The standard InChI is InChI=1S/C8H18.C4H8O/c1-4-5-6-7-8(2)3;1-2-4-5-3-1/h8H,4-7H2,1-3H3;1-4H2. The van der Waals surface area contributed by atoms with Gasteiger partial charge in [0.25, 0.3) is 0 Å². The third kappa shape index (κ3) is 12.0. The first kappa shape index (κ1) is 13.0. The summed E-state index contributed by atoms with van der Waals surface area (Å²) in [6, 6.07) is 0. The molecular formula is C12H26O. The average molecular weight is 186 g/mol. The molecule has 0 aromatic carbocycles. The highest BCUT2D eigenvalue weighted by Gasteiger charge is 1.94. The van der Waals surface area contributed by atoms with Gasteiger partial charge in [0, 0.05) is 13.2 Å². The fourth-order valence-corrected chi connectivity index (χ4v) is 1.31. The highest BCUT2D eigenvalue weighted by atomic mass is 16.5. The lowest BCUT2D eigenvalue weighted by molar-refractivity contribution is 0.198. The van der Waals surface area contributed by atoms with Gasteiger partial charge >= 0.3 is 0 Å². The zero-order valence-corrected chi connectivity index (χ0v) is 9.64. The van der Waals surface area contributed by atoms with Crippen LogP contribution in [0, 0.1) is 5.92 Å². The first-order valence-corrected chi connectivity index (χ1v) is 5.85. The average Bonchev–Trinajstić information content (AvgIpc) is 2.61. The lowest BCUT2D eigenvalue weighted by Gasteiger charge is -2.00. The van der Waals surface area contributed by atoms with E-state index in [4.69, 9.17) is 4.74 Å². The van der Waals surface area contributed by atoms with E-state index in [1.807, 2.05) is 0 Å². The maximum atomic E-state index is 4.94. The number of hydrogen-bond donors (Lipinski definition) is 0. The molecule has 1 heteroatoms. The van der Waals surface area contributed by atoms with Crippen LogP contribution in [0.15, 0.2) is 0 Å². The molecule has 0 aromatic heterocycles. The summed E-state index contributed by atoms with van der Waals surface area (Å²) >= 11 is 0. The van der Waals surface area contributed by atoms with E-state index < -0.39 is 0 Å². The second kappa shape index (κ2) is 10.0. The maximum absolute atomic E-state index is 4.94. The molecule has 0 radical (unpaired) electrons. The summed E-state index contributed by atoms with van der Waals surface area (Å²) in [6.07, 6.45) is 8.16. The normalized spacial score (nSPS) is 15.7. The molecule has 1 nitrogen and oxygen atoms in total. The van der Waals surface area contributed by atoms with E-state index >= 15 is 0 Å². The molecule has 0 atom stereocenters.